The van der Waals surface area contributed by atoms with Crippen LogP contribution in [-0.2, 0) is 6.42 Å². The van der Waals surface area contributed by atoms with Crippen molar-refractivity contribution >= 4 is 27.4 Å². The van der Waals surface area contributed by atoms with Crippen molar-refractivity contribution in [2.75, 3.05) is 5.73 Å². The van der Waals surface area contributed by atoms with Crippen LogP contribution in [0.4, 0.5) is 10.2 Å². The molecule has 3 aromatic rings. The molecule has 5 heteroatoms. The van der Waals surface area contributed by atoms with Gasteiger partial charge < -0.3 is 5.73 Å². The summed E-state index contributed by atoms with van der Waals surface area (Å²) in [5.41, 5.74) is 8.16. The topological polar surface area (TPSA) is 51.8 Å². The minimum absolute atomic E-state index is 0.242. The predicted octanol–water partition coefficient (Wildman–Crippen LogP) is 3.62. The van der Waals surface area contributed by atoms with Crippen molar-refractivity contribution in [1.82, 2.24) is 9.97 Å². The first kappa shape index (κ1) is 13.0. The van der Waals surface area contributed by atoms with Gasteiger partial charge in [0.15, 0.2) is 0 Å². The Bertz CT molecular complexity index is 778. The van der Waals surface area contributed by atoms with Crippen molar-refractivity contribution in [3.05, 3.63) is 51.9 Å². The molecule has 0 radical (unpaired) electrons. The van der Waals surface area contributed by atoms with Gasteiger partial charge in [-0.05, 0) is 37.1 Å². The van der Waals surface area contributed by atoms with E-state index >= 15 is 0 Å². The van der Waals surface area contributed by atoms with E-state index in [2.05, 4.69) is 16.9 Å². The molecule has 0 aliphatic carbocycles. The van der Waals surface area contributed by atoms with Crippen molar-refractivity contribution in [3.63, 3.8) is 0 Å². The summed E-state index contributed by atoms with van der Waals surface area (Å²) in [6.45, 7) is 4.09. The van der Waals surface area contributed by atoms with Gasteiger partial charge in [0.2, 0.25) is 0 Å². The Morgan fingerprint density at radius 3 is 2.55 bits per heavy atom. The lowest BCUT2D eigenvalue weighted by atomic mass is 10.1. The maximum absolute atomic E-state index is 12.9. The zero-order valence-corrected chi connectivity index (χ0v) is 12.1. The van der Waals surface area contributed by atoms with Gasteiger partial charge in [0.1, 0.15) is 22.3 Å². The third-order valence-electron chi connectivity index (χ3n) is 3.38. The van der Waals surface area contributed by atoms with Crippen LogP contribution in [-0.4, -0.2) is 9.97 Å². The van der Waals surface area contributed by atoms with E-state index in [4.69, 9.17) is 5.73 Å². The molecule has 2 N–H and O–H groups in total. The Balaban J connectivity index is 2.02. The second kappa shape index (κ2) is 4.83. The van der Waals surface area contributed by atoms with Crippen LogP contribution >= 0.6 is 11.3 Å². The van der Waals surface area contributed by atoms with Crippen LogP contribution in [0.25, 0.3) is 10.2 Å². The normalized spacial score (nSPS) is 11.2. The number of hydrogen-bond donors (Lipinski definition) is 1. The zero-order chi connectivity index (χ0) is 14.3. The van der Waals surface area contributed by atoms with Crippen LogP contribution in [0.5, 0.6) is 0 Å². The molecule has 102 valence electrons. The molecule has 0 aliphatic heterocycles. The van der Waals surface area contributed by atoms with Crippen molar-refractivity contribution in [1.29, 1.82) is 0 Å². The number of benzene rings is 1. The molecule has 20 heavy (non-hydrogen) atoms. The smallest absolute Gasteiger partial charge is 0.136 e. The van der Waals surface area contributed by atoms with E-state index in [0.29, 0.717) is 18.1 Å². The highest BCUT2D eigenvalue weighted by Crippen LogP contribution is 2.32. The van der Waals surface area contributed by atoms with Gasteiger partial charge in [0.05, 0.1) is 5.39 Å². The standard InChI is InChI=1S/C15H14FN3S/c1-8-9(2)20-15-13(8)14(17)18-12(19-15)7-10-3-5-11(16)6-4-10/h3-6H,7H2,1-2H3,(H2,17,18,19). The van der Waals surface area contributed by atoms with Crippen LogP contribution in [0.3, 0.4) is 0 Å². The lowest BCUT2D eigenvalue weighted by Gasteiger charge is -2.03. The van der Waals surface area contributed by atoms with Crippen LogP contribution in [0.2, 0.25) is 0 Å². The SMILES string of the molecule is Cc1sc2nc(Cc3ccc(F)cc3)nc(N)c2c1C. The van der Waals surface area contributed by atoms with E-state index in [1.807, 2.05) is 6.92 Å². The highest BCUT2D eigenvalue weighted by molar-refractivity contribution is 7.18. The molecule has 0 unspecified atom stereocenters. The first-order valence-corrected chi connectivity index (χ1v) is 7.13. The van der Waals surface area contributed by atoms with E-state index in [1.54, 1.807) is 23.5 Å². The van der Waals surface area contributed by atoms with E-state index in [0.717, 1.165) is 21.3 Å². The second-order valence-corrected chi connectivity index (χ2v) is 5.99. The summed E-state index contributed by atoms with van der Waals surface area (Å²) in [4.78, 5) is 11.1. The highest BCUT2D eigenvalue weighted by Gasteiger charge is 2.12. The lowest BCUT2D eigenvalue weighted by molar-refractivity contribution is 0.627. The number of thiophene rings is 1. The van der Waals surface area contributed by atoms with Gasteiger partial charge in [0, 0.05) is 11.3 Å². The number of aromatic nitrogens is 2. The number of fused-ring (bicyclic) bond motifs is 1. The van der Waals surface area contributed by atoms with Gasteiger partial charge in [0.25, 0.3) is 0 Å². The average Bonchev–Trinajstić information content (AvgIpc) is 2.68. The Kier molecular flexibility index (Phi) is 3.14. The quantitative estimate of drug-likeness (QED) is 0.783. The first-order valence-electron chi connectivity index (χ1n) is 6.31. The molecule has 0 spiro atoms. The number of nitrogens with two attached hydrogens (primary N) is 1. The fourth-order valence-electron chi connectivity index (χ4n) is 2.19. The Morgan fingerprint density at radius 1 is 1.15 bits per heavy atom. The van der Waals surface area contributed by atoms with Crippen molar-refractivity contribution in [2.24, 2.45) is 0 Å². The molecular formula is C15H14FN3S. The molecule has 0 saturated carbocycles. The maximum Gasteiger partial charge on any atom is 0.136 e. The number of anilines is 1. The minimum atomic E-state index is -0.242. The summed E-state index contributed by atoms with van der Waals surface area (Å²) in [5.74, 6) is 0.950. The molecule has 0 aliphatic rings. The van der Waals surface area contributed by atoms with E-state index in [1.165, 1.54) is 17.0 Å². The Hall–Kier alpha value is -2.01. The fourth-order valence-corrected chi connectivity index (χ4v) is 3.25. The highest BCUT2D eigenvalue weighted by atomic mass is 32.1. The summed E-state index contributed by atoms with van der Waals surface area (Å²) >= 11 is 1.63. The van der Waals surface area contributed by atoms with Gasteiger partial charge >= 0.3 is 0 Å². The number of halogens is 1. The van der Waals surface area contributed by atoms with Crippen LogP contribution < -0.4 is 5.73 Å². The molecule has 0 saturated heterocycles. The third kappa shape index (κ3) is 2.25. The molecule has 0 atom stereocenters. The molecule has 2 aromatic heterocycles. The van der Waals surface area contributed by atoms with Gasteiger partial charge in [-0.25, -0.2) is 14.4 Å². The molecular weight excluding hydrogens is 273 g/mol. The summed E-state index contributed by atoms with van der Waals surface area (Å²) in [6.07, 6.45) is 0.552. The van der Waals surface area contributed by atoms with Crippen molar-refractivity contribution in [2.45, 2.75) is 20.3 Å². The zero-order valence-electron chi connectivity index (χ0n) is 11.3. The minimum Gasteiger partial charge on any atom is -0.383 e. The molecule has 0 amide bonds. The summed E-state index contributed by atoms with van der Waals surface area (Å²) in [6, 6.07) is 6.36. The van der Waals surface area contributed by atoms with Crippen LogP contribution in [0.15, 0.2) is 24.3 Å². The maximum atomic E-state index is 12.9. The van der Waals surface area contributed by atoms with Gasteiger partial charge in [-0.3, -0.25) is 0 Å². The van der Waals surface area contributed by atoms with E-state index in [9.17, 15) is 4.39 Å². The number of hydrogen-bond acceptors (Lipinski definition) is 4. The van der Waals surface area contributed by atoms with E-state index in [-0.39, 0.29) is 5.82 Å². The largest absolute Gasteiger partial charge is 0.383 e. The fraction of sp³-hybridized carbons (Fsp3) is 0.200. The van der Waals surface area contributed by atoms with Crippen molar-refractivity contribution in [3.8, 4) is 0 Å². The number of aryl methyl sites for hydroxylation is 2. The predicted molar refractivity (Wildman–Crippen MR) is 80.5 cm³/mol. The van der Waals surface area contributed by atoms with Crippen LogP contribution in [0.1, 0.15) is 21.8 Å². The molecule has 3 nitrogen and oxygen atoms in total. The molecule has 0 bridgehead atoms. The summed E-state index contributed by atoms with van der Waals surface area (Å²) in [5, 5.41) is 0.954. The molecule has 0 fully saturated rings. The third-order valence-corrected chi connectivity index (χ3v) is 4.48. The van der Waals surface area contributed by atoms with Gasteiger partial charge in [-0.2, -0.15) is 0 Å². The monoisotopic (exact) mass is 287 g/mol. The average molecular weight is 287 g/mol. The van der Waals surface area contributed by atoms with Gasteiger partial charge in [-0.1, -0.05) is 12.1 Å². The molecule has 1 aromatic carbocycles. The molecule has 2 heterocycles. The number of nitrogen functional groups attached to an aromatic ring is 1. The van der Waals surface area contributed by atoms with E-state index < -0.39 is 0 Å². The second-order valence-electron chi connectivity index (χ2n) is 4.79. The van der Waals surface area contributed by atoms with Crippen molar-refractivity contribution < 1.29 is 4.39 Å². The Labute approximate surface area is 120 Å². The summed E-state index contributed by atoms with van der Waals surface area (Å²) in [7, 11) is 0. The lowest BCUT2D eigenvalue weighted by Crippen LogP contribution is -2.01. The van der Waals surface area contributed by atoms with Gasteiger partial charge in [-0.15, -0.1) is 11.3 Å². The summed E-state index contributed by atoms with van der Waals surface area (Å²) < 4.78 is 12.9. The number of rotatable bonds is 2. The Morgan fingerprint density at radius 2 is 1.85 bits per heavy atom. The molecule has 3 rings (SSSR count). The van der Waals surface area contributed by atoms with Crippen LogP contribution in [0, 0.1) is 19.7 Å². The number of nitrogens with zero attached hydrogens (tertiary/aromatic N) is 2. The first-order chi connectivity index (χ1) is 9.54.